The lowest BCUT2D eigenvalue weighted by Crippen LogP contribution is -2.40. The molecule has 1 aliphatic rings. The Morgan fingerprint density at radius 3 is 2.68 bits per heavy atom. The second-order valence-corrected chi connectivity index (χ2v) is 5.70. The van der Waals surface area contributed by atoms with Crippen molar-refractivity contribution in [2.75, 3.05) is 19.6 Å². The summed E-state index contributed by atoms with van der Waals surface area (Å²) in [6.07, 6.45) is 6.84. The molecule has 1 amide bonds. The molecule has 3 rings (SSSR count). The molecule has 1 aromatic heterocycles. The fraction of sp³-hybridized carbons (Fsp3) is 0.412. The minimum Gasteiger partial charge on any atom is -0.349 e. The van der Waals surface area contributed by atoms with Gasteiger partial charge in [-0.2, -0.15) is 0 Å². The van der Waals surface area contributed by atoms with Crippen LogP contribution in [0.5, 0.6) is 0 Å². The maximum Gasteiger partial charge on any atom is 0.269 e. The highest BCUT2D eigenvalue weighted by atomic mass is 16.1. The Morgan fingerprint density at radius 1 is 1.23 bits per heavy atom. The Bertz CT molecular complexity index is 576. The molecule has 1 atom stereocenters. The van der Waals surface area contributed by atoms with Gasteiger partial charge in [-0.05, 0) is 31.5 Å². The van der Waals surface area contributed by atoms with E-state index in [0.29, 0.717) is 12.2 Å². The summed E-state index contributed by atoms with van der Waals surface area (Å²) < 4.78 is 0. The Labute approximate surface area is 130 Å². The van der Waals surface area contributed by atoms with E-state index in [4.69, 9.17) is 0 Å². The molecule has 1 fully saturated rings. The number of nitrogens with one attached hydrogen (secondary N) is 2. The van der Waals surface area contributed by atoms with E-state index in [0.717, 1.165) is 13.1 Å². The number of H-pyrrole nitrogens is 1. The summed E-state index contributed by atoms with van der Waals surface area (Å²) in [5.74, 6) is -0.101. The molecule has 1 saturated heterocycles. The number of aromatic amines is 1. The van der Waals surface area contributed by atoms with Gasteiger partial charge in [0.25, 0.3) is 5.91 Å². The van der Waals surface area contributed by atoms with Gasteiger partial charge in [0, 0.05) is 6.54 Å². The van der Waals surface area contributed by atoms with Gasteiger partial charge in [-0.25, -0.2) is 4.98 Å². The molecule has 1 aliphatic heterocycles. The number of imidazole rings is 1. The summed E-state index contributed by atoms with van der Waals surface area (Å²) >= 11 is 0. The van der Waals surface area contributed by atoms with Crippen LogP contribution in [-0.4, -0.2) is 40.4 Å². The number of benzene rings is 1. The van der Waals surface area contributed by atoms with Crippen molar-refractivity contribution in [1.29, 1.82) is 0 Å². The quantitative estimate of drug-likeness (QED) is 0.891. The molecule has 1 aromatic carbocycles. The van der Waals surface area contributed by atoms with Crippen LogP contribution in [0.2, 0.25) is 0 Å². The number of amides is 1. The van der Waals surface area contributed by atoms with E-state index in [1.165, 1.54) is 31.2 Å². The lowest BCUT2D eigenvalue weighted by molar-refractivity contribution is 0.0920. The molecule has 0 radical (unpaired) electrons. The number of hydrogen-bond acceptors (Lipinski definition) is 3. The minimum atomic E-state index is -0.101. The van der Waals surface area contributed by atoms with Crippen LogP contribution in [0.1, 0.15) is 41.4 Å². The SMILES string of the molecule is O=C(NC[C@H](c1ccccc1)N1CCCCC1)c1cnc[nH]1. The van der Waals surface area contributed by atoms with Crippen LogP contribution in [0, 0.1) is 0 Å². The molecule has 0 spiro atoms. The van der Waals surface area contributed by atoms with E-state index in [-0.39, 0.29) is 11.9 Å². The first kappa shape index (κ1) is 14.8. The Hall–Kier alpha value is -2.14. The van der Waals surface area contributed by atoms with Gasteiger partial charge in [0.15, 0.2) is 0 Å². The minimum absolute atomic E-state index is 0.101. The van der Waals surface area contributed by atoms with E-state index < -0.39 is 0 Å². The number of carbonyl (C=O) groups excluding carboxylic acids is 1. The highest BCUT2D eigenvalue weighted by molar-refractivity contribution is 5.91. The van der Waals surface area contributed by atoms with E-state index in [2.05, 4.69) is 44.5 Å². The third-order valence-electron chi connectivity index (χ3n) is 4.21. The molecule has 0 aliphatic carbocycles. The fourth-order valence-electron chi connectivity index (χ4n) is 3.03. The van der Waals surface area contributed by atoms with Crippen LogP contribution in [0.15, 0.2) is 42.9 Å². The molecule has 0 saturated carbocycles. The normalized spacial score (nSPS) is 17.1. The highest BCUT2D eigenvalue weighted by Gasteiger charge is 2.23. The van der Waals surface area contributed by atoms with Crippen molar-refractivity contribution in [3.05, 3.63) is 54.1 Å². The second-order valence-electron chi connectivity index (χ2n) is 5.70. The zero-order valence-electron chi connectivity index (χ0n) is 12.7. The number of rotatable bonds is 5. The summed E-state index contributed by atoms with van der Waals surface area (Å²) in [7, 11) is 0. The van der Waals surface area contributed by atoms with E-state index in [1.807, 2.05) is 6.07 Å². The van der Waals surface area contributed by atoms with Gasteiger partial charge in [-0.3, -0.25) is 9.69 Å². The van der Waals surface area contributed by atoms with Gasteiger partial charge >= 0.3 is 0 Å². The highest BCUT2D eigenvalue weighted by Crippen LogP contribution is 2.24. The zero-order valence-corrected chi connectivity index (χ0v) is 12.7. The van der Waals surface area contributed by atoms with Crippen LogP contribution in [0.25, 0.3) is 0 Å². The number of likely N-dealkylation sites (tertiary alicyclic amines) is 1. The number of piperidine rings is 1. The van der Waals surface area contributed by atoms with Crippen molar-refractivity contribution in [3.63, 3.8) is 0 Å². The lowest BCUT2D eigenvalue weighted by atomic mass is 10.0. The maximum absolute atomic E-state index is 12.1. The summed E-state index contributed by atoms with van der Waals surface area (Å²) in [4.78, 5) is 21.3. The lowest BCUT2D eigenvalue weighted by Gasteiger charge is -2.35. The first-order chi connectivity index (χ1) is 10.8. The number of carbonyl (C=O) groups is 1. The summed E-state index contributed by atoms with van der Waals surface area (Å²) in [6.45, 7) is 2.81. The molecule has 22 heavy (non-hydrogen) atoms. The van der Waals surface area contributed by atoms with E-state index in [1.54, 1.807) is 6.20 Å². The van der Waals surface area contributed by atoms with Crippen molar-refractivity contribution in [2.24, 2.45) is 0 Å². The van der Waals surface area contributed by atoms with Crippen molar-refractivity contribution in [1.82, 2.24) is 20.2 Å². The van der Waals surface area contributed by atoms with Crippen molar-refractivity contribution >= 4 is 5.91 Å². The molecule has 2 heterocycles. The van der Waals surface area contributed by atoms with Gasteiger partial charge in [-0.15, -0.1) is 0 Å². The van der Waals surface area contributed by atoms with Crippen LogP contribution < -0.4 is 5.32 Å². The molecule has 116 valence electrons. The standard InChI is InChI=1S/C17H22N4O/c22-17(15-11-18-13-20-15)19-12-16(14-7-3-1-4-8-14)21-9-5-2-6-10-21/h1,3-4,7-8,11,13,16H,2,5-6,9-10,12H2,(H,18,20)(H,19,22)/t16-/m1/s1. The molecule has 2 aromatic rings. The van der Waals surface area contributed by atoms with Gasteiger partial charge < -0.3 is 10.3 Å². The van der Waals surface area contributed by atoms with Crippen molar-refractivity contribution < 1.29 is 4.79 Å². The van der Waals surface area contributed by atoms with Gasteiger partial charge in [-0.1, -0.05) is 36.8 Å². The smallest absolute Gasteiger partial charge is 0.269 e. The Kier molecular flexibility index (Phi) is 4.85. The number of hydrogen-bond donors (Lipinski definition) is 2. The topological polar surface area (TPSA) is 61.0 Å². The third kappa shape index (κ3) is 3.54. The van der Waals surface area contributed by atoms with Crippen LogP contribution in [-0.2, 0) is 0 Å². The van der Waals surface area contributed by atoms with Crippen LogP contribution in [0.4, 0.5) is 0 Å². The molecule has 2 N–H and O–H groups in total. The predicted octanol–water partition coefficient (Wildman–Crippen LogP) is 2.37. The average Bonchev–Trinajstić information content (AvgIpc) is 3.11. The van der Waals surface area contributed by atoms with E-state index >= 15 is 0 Å². The van der Waals surface area contributed by atoms with Crippen LogP contribution >= 0.6 is 0 Å². The van der Waals surface area contributed by atoms with E-state index in [9.17, 15) is 4.79 Å². The molecule has 0 bridgehead atoms. The molecular formula is C17H22N4O. The van der Waals surface area contributed by atoms with Crippen molar-refractivity contribution in [2.45, 2.75) is 25.3 Å². The fourth-order valence-corrected chi connectivity index (χ4v) is 3.03. The third-order valence-corrected chi connectivity index (χ3v) is 4.21. The molecular weight excluding hydrogens is 276 g/mol. The van der Waals surface area contributed by atoms with Gasteiger partial charge in [0.2, 0.25) is 0 Å². The largest absolute Gasteiger partial charge is 0.349 e. The van der Waals surface area contributed by atoms with Gasteiger partial charge in [0.05, 0.1) is 18.6 Å². The molecule has 0 unspecified atom stereocenters. The molecule has 5 heteroatoms. The number of nitrogens with zero attached hydrogens (tertiary/aromatic N) is 2. The Morgan fingerprint density at radius 2 is 2.00 bits per heavy atom. The first-order valence-electron chi connectivity index (χ1n) is 7.90. The maximum atomic E-state index is 12.1. The number of aromatic nitrogens is 2. The summed E-state index contributed by atoms with van der Waals surface area (Å²) in [6, 6.07) is 10.7. The second kappa shape index (κ2) is 7.22. The average molecular weight is 298 g/mol. The monoisotopic (exact) mass is 298 g/mol. The Balaban J connectivity index is 1.69. The summed E-state index contributed by atoms with van der Waals surface area (Å²) in [5, 5.41) is 3.03. The van der Waals surface area contributed by atoms with Gasteiger partial charge in [0.1, 0.15) is 5.69 Å². The van der Waals surface area contributed by atoms with Crippen molar-refractivity contribution in [3.8, 4) is 0 Å². The first-order valence-corrected chi connectivity index (χ1v) is 7.90. The van der Waals surface area contributed by atoms with Crippen LogP contribution in [0.3, 0.4) is 0 Å². The zero-order chi connectivity index (χ0) is 15.2. The molecule has 5 nitrogen and oxygen atoms in total. The predicted molar refractivity (Wildman–Crippen MR) is 85.5 cm³/mol. The summed E-state index contributed by atoms with van der Waals surface area (Å²) in [5.41, 5.74) is 1.76.